The first-order chi connectivity index (χ1) is 19.8. The number of hydrogen-bond donors (Lipinski definition) is 10. The van der Waals surface area contributed by atoms with Gasteiger partial charge in [0.05, 0.1) is 30.4 Å². The Morgan fingerprint density at radius 3 is 2.21 bits per heavy atom. The first-order valence-corrected chi connectivity index (χ1v) is 13.2. The molecule has 2 fully saturated rings. The zero-order chi connectivity index (χ0) is 30.5. The van der Waals surface area contributed by atoms with Gasteiger partial charge in [0.1, 0.15) is 53.5 Å². The van der Waals surface area contributed by atoms with Crippen molar-refractivity contribution in [1.29, 1.82) is 0 Å². The standard InChI is InChI=1S/C28H32O14/c1-10-4-18(22(34)24(36)21(10)33)39-9-20-23(35)25(37)26(38)28(42-20)41-19-8-13-15(31)6-12(29)7-17(13)40-27(19)11-2-3-14(30)16(32)5-11/h2-3,5-8,10,18,20-26,28,33-38H,4,9H2,1H3,(H3-,29,30,31,32)/p+1. The van der Waals surface area contributed by atoms with E-state index >= 15 is 0 Å². The van der Waals surface area contributed by atoms with Crippen molar-refractivity contribution < 1.29 is 69.7 Å². The van der Waals surface area contributed by atoms with Gasteiger partial charge in [0.15, 0.2) is 11.5 Å². The molecule has 2 heterocycles. The van der Waals surface area contributed by atoms with Crippen LogP contribution in [0, 0.1) is 5.92 Å². The molecular weight excluding hydrogens is 560 g/mol. The van der Waals surface area contributed by atoms with E-state index in [4.69, 9.17) is 18.6 Å². The van der Waals surface area contributed by atoms with Crippen LogP contribution in [0.2, 0.25) is 0 Å². The second-order valence-electron chi connectivity index (χ2n) is 10.7. The van der Waals surface area contributed by atoms with E-state index in [1.165, 1.54) is 24.3 Å². The zero-order valence-corrected chi connectivity index (χ0v) is 22.3. The second kappa shape index (κ2) is 11.7. The number of phenolic OH excluding ortho intramolecular Hbond substituents is 4. The summed E-state index contributed by atoms with van der Waals surface area (Å²) in [7, 11) is 0. The summed E-state index contributed by atoms with van der Waals surface area (Å²) in [5, 5.41) is 102. The van der Waals surface area contributed by atoms with Crippen molar-refractivity contribution in [2.24, 2.45) is 5.92 Å². The average molecular weight is 594 g/mol. The van der Waals surface area contributed by atoms with Crippen LogP contribution in [0.25, 0.3) is 22.3 Å². The Balaban J connectivity index is 1.44. The predicted molar refractivity (Wildman–Crippen MR) is 142 cm³/mol. The summed E-state index contributed by atoms with van der Waals surface area (Å²) in [5.41, 5.74) is 0.193. The van der Waals surface area contributed by atoms with Gasteiger partial charge in [-0.3, -0.25) is 0 Å². The lowest BCUT2D eigenvalue weighted by Crippen LogP contribution is -2.61. The van der Waals surface area contributed by atoms with Gasteiger partial charge < -0.3 is 65.3 Å². The van der Waals surface area contributed by atoms with Gasteiger partial charge in [-0.25, -0.2) is 4.42 Å². The van der Waals surface area contributed by atoms with Crippen molar-refractivity contribution in [1.82, 2.24) is 0 Å². The minimum Gasteiger partial charge on any atom is -0.507 e. The molecule has 1 saturated heterocycles. The SMILES string of the molecule is CC1CC(OCC2OC(Oc3cc4c(O)cc(O)cc4[o+]c3-c3ccc(O)c(O)c3)C(O)C(O)C2O)C(O)C(O)C1O. The van der Waals surface area contributed by atoms with Crippen LogP contribution in [0.15, 0.2) is 40.8 Å². The number of benzene rings is 2. The molecule has 228 valence electrons. The van der Waals surface area contributed by atoms with Crippen LogP contribution in [0.1, 0.15) is 13.3 Å². The van der Waals surface area contributed by atoms with Crippen LogP contribution in [0.3, 0.4) is 0 Å². The molecule has 5 rings (SSSR count). The lowest BCUT2D eigenvalue weighted by Gasteiger charge is -2.42. The summed E-state index contributed by atoms with van der Waals surface area (Å²) in [5.74, 6) is -2.23. The van der Waals surface area contributed by atoms with Crippen molar-refractivity contribution in [3.05, 3.63) is 36.4 Å². The van der Waals surface area contributed by atoms with E-state index in [-0.39, 0.29) is 46.0 Å². The van der Waals surface area contributed by atoms with Crippen molar-refractivity contribution in [2.45, 2.75) is 68.5 Å². The molecular formula is C28H33O14+. The first-order valence-electron chi connectivity index (χ1n) is 13.2. The molecule has 1 aliphatic heterocycles. The quantitative estimate of drug-likeness (QED) is 0.133. The highest BCUT2D eigenvalue weighted by atomic mass is 16.7. The normalized spacial score (nSPS) is 33.5. The smallest absolute Gasteiger partial charge is 0.402 e. The summed E-state index contributed by atoms with van der Waals surface area (Å²) in [6.07, 6.45) is -12.9. The van der Waals surface area contributed by atoms with Crippen LogP contribution < -0.4 is 4.74 Å². The van der Waals surface area contributed by atoms with E-state index in [2.05, 4.69) is 0 Å². The van der Waals surface area contributed by atoms with Crippen LogP contribution in [0.4, 0.5) is 0 Å². The lowest BCUT2D eigenvalue weighted by molar-refractivity contribution is -0.285. The third-order valence-electron chi connectivity index (χ3n) is 7.71. The molecule has 14 heteroatoms. The molecule has 1 saturated carbocycles. The lowest BCUT2D eigenvalue weighted by atomic mass is 9.82. The Bertz CT molecular complexity index is 1430. The van der Waals surface area contributed by atoms with Gasteiger partial charge in [0.25, 0.3) is 0 Å². The molecule has 0 spiro atoms. The third kappa shape index (κ3) is 5.63. The van der Waals surface area contributed by atoms with E-state index in [0.717, 1.165) is 12.1 Å². The largest absolute Gasteiger partial charge is 0.507 e. The summed E-state index contributed by atoms with van der Waals surface area (Å²) in [6.45, 7) is 1.27. The molecule has 1 aliphatic carbocycles. The molecule has 3 aromatic rings. The molecule has 0 amide bonds. The van der Waals surface area contributed by atoms with E-state index in [1.807, 2.05) is 0 Å². The molecule has 10 atom stereocenters. The van der Waals surface area contributed by atoms with Gasteiger partial charge in [-0.1, -0.05) is 6.92 Å². The van der Waals surface area contributed by atoms with Gasteiger partial charge in [0, 0.05) is 18.2 Å². The van der Waals surface area contributed by atoms with Crippen LogP contribution in [-0.4, -0.2) is 113 Å². The van der Waals surface area contributed by atoms with Crippen LogP contribution in [0.5, 0.6) is 28.7 Å². The number of phenols is 4. The Hall–Kier alpha value is -3.47. The molecule has 2 aromatic carbocycles. The molecule has 42 heavy (non-hydrogen) atoms. The zero-order valence-electron chi connectivity index (χ0n) is 22.3. The molecule has 0 radical (unpaired) electrons. The van der Waals surface area contributed by atoms with Gasteiger partial charge in [-0.05, 0) is 24.5 Å². The fourth-order valence-corrected chi connectivity index (χ4v) is 5.20. The van der Waals surface area contributed by atoms with E-state index < -0.39 is 79.1 Å². The molecule has 10 unspecified atom stereocenters. The molecule has 2 aliphatic rings. The molecule has 14 nitrogen and oxygen atoms in total. The maximum atomic E-state index is 10.7. The fraction of sp³-hybridized carbons (Fsp3) is 0.464. The van der Waals surface area contributed by atoms with Crippen molar-refractivity contribution in [3.8, 4) is 40.1 Å². The maximum absolute atomic E-state index is 10.7. The maximum Gasteiger partial charge on any atom is 0.402 e. The second-order valence-corrected chi connectivity index (χ2v) is 10.7. The van der Waals surface area contributed by atoms with Crippen molar-refractivity contribution >= 4 is 11.0 Å². The topological polar surface area (TPSA) is 241 Å². The third-order valence-corrected chi connectivity index (χ3v) is 7.71. The Labute approximate surface area is 238 Å². The number of fused-ring (bicyclic) bond motifs is 1. The van der Waals surface area contributed by atoms with Crippen molar-refractivity contribution in [2.75, 3.05) is 6.61 Å². The Morgan fingerprint density at radius 2 is 1.50 bits per heavy atom. The van der Waals surface area contributed by atoms with Crippen LogP contribution >= 0.6 is 0 Å². The molecule has 10 N–H and O–H groups in total. The highest BCUT2D eigenvalue weighted by Crippen LogP contribution is 2.42. The number of aliphatic hydroxyl groups excluding tert-OH is 6. The number of ether oxygens (including phenoxy) is 3. The summed E-state index contributed by atoms with van der Waals surface area (Å²) >= 11 is 0. The summed E-state index contributed by atoms with van der Waals surface area (Å²) in [4.78, 5) is 0. The van der Waals surface area contributed by atoms with E-state index in [9.17, 15) is 51.1 Å². The number of aliphatic hydroxyl groups is 6. The molecule has 1 aromatic heterocycles. The number of hydrogen-bond acceptors (Lipinski definition) is 13. The van der Waals surface area contributed by atoms with E-state index in [0.29, 0.717) is 0 Å². The minimum atomic E-state index is -1.79. The van der Waals surface area contributed by atoms with Gasteiger partial charge >= 0.3 is 11.3 Å². The Morgan fingerprint density at radius 1 is 0.786 bits per heavy atom. The summed E-state index contributed by atoms with van der Waals surface area (Å²) in [6, 6.07) is 7.31. The van der Waals surface area contributed by atoms with Gasteiger partial charge in [0.2, 0.25) is 12.0 Å². The highest BCUT2D eigenvalue weighted by molar-refractivity contribution is 5.88. The van der Waals surface area contributed by atoms with Crippen LogP contribution in [-0.2, 0) is 9.47 Å². The van der Waals surface area contributed by atoms with Crippen molar-refractivity contribution in [3.63, 3.8) is 0 Å². The minimum absolute atomic E-state index is 0.0156. The first kappa shape index (κ1) is 30.0. The highest BCUT2D eigenvalue weighted by Gasteiger charge is 2.47. The predicted octanol–water partition coefficient (Wildman–Crippen LogP) is -0.103. The molecule has 0 bridgehead atoms. The Kier molecular flexibility index (Phi) is 8.33. The fourth-order valence-electron chi connectivity index (χ4n) is 5.20. The number of aromatic hydroxyl groups is 4. The van der Waals surface area contributed by atoms with Gasteiger partial charge in [-0.15, -0.1) is 0 Å². The summed E-state index contributed by atoms with van der Waals surface area (Å²) < 4.78 is 23.2. The number of rotatable bonds is 6. The van der Waals surface area contributed by atoms with E-state index in [1.54, 1.807) is 6.92 Å². The average Bonchev–Trinajstić information content (AvgIpc) is 2.95. The van der Waals surface area contributed by atoms with Gasteiger partial charge in [-0.2, -0.15) is 0 Å². The monoisotopic (exact) mass is 593 g/mol.